The van der Waals surface area contributed by atoms with Crippen LogP contribution in [0.3, 0.4) is 0 Å². The zero-order valence-electron chi connectivity index (χ0n) is 11.7. The van der Waals surface area contributed by atoms with E-state index in [1.165, 1.54) is 23.0 Å². The van der Waals surface area contributed by atoms with Gasteiger partial charge < -0.3 is 0 Å². The van der Waals surface area contributed by atoms with Crippen LogP contribution in [-0.2, 0) is 13.0 Å². The summed E-state index contributed by atoms with van der Waals surface area (Å²) >= 11 is 6.29. The molecule has 0 N–H and O–H groups in total. The van der Waals surface area contributed by atoms with E-state index in [-0.39, 0.29) is 0 Å². The van der Waals surface area contributed by atoms with Crippen molar-refractivity contribution in [2.45, 2.75) is 51.5 Å². The largest absolute Gasteiger partial charge is 0.265 e. The second-order valence-corrected chi connectivity index (χ2v) is 6.72. The molecule has 0 spiro atoms. The van der Waals surface area contributed by atoms with Crippen molar-refractivity contribution >= 4 is 22.5 Å². The predicted octanol–water partition coefficient (Wildman–Crippen LogP) is 4.40. The van der Waals surface area contributed by atoms with Gasteiger partial charge in [0.1, 0.15) is 0 Å². The minimum Gasteiger partial charge on any atom is -0.265 e. The average Bonchev–Trinajstić information content (AvgIpc) is 2.91. The summed E-state index contributed by atoms with van der Waals surface area (Å²) in [5.41, 5.74) is 2.82. The van der Waals surface area contributed by atoms with E-state index in [9.17, 15) is 0 Å². The van der Waals surface area contributed by atoms with Gasteiger partial charge in [-0.15, -0.1) is 11.6 Å². The molecule has 2 atom stereocenters. The van der Waals surface area contributed by atoms with Crippen molar-refractivity contribution in [3.05, 3.63) is 30.0 Å². The lowest BCUT2D eigenvalue weighted by molar-refractivity contribution is 0.331. The third-order valence-electron chi connectivity index (χ3n) is 4.40. The molecule has 1 saturated carbocycles. The van der Waals surface area contributed by atoms with E-state index in [1.54, 1.807) is 0 Å². The predicted molar refractivity (Wildman–Crippen MR) is 80.7 cm³/mol. The maximum Gasteiger partial charge on any atom is 0.0708 e. The number of hydrogen-bond donors (Lipinski definition) is 0. The van der Waals surface area contributed by atoms with Gasteiger partial charge in [0, 0.05) is 17.3 Å². The number of para-hydroxylation sites is 1. The quantitative estimate of drug-likeness (QED) is 0.760. The number of benzene rings is 1. The number of nitrogens with zero attached hydrogens (tertiary/aromatic N) is 2. The highest BCUT2D eigenvalue weighted by atomic mass is 35.5. The van der Waals surface area contributed by atoms with Crippen LogP contribution < -0.4 is 0 Å². The SMILES string of the molecule is CCn1nc(CC2(C)CCC(Cl)C2)c2ccccc21. The molecule has 19 heavy (non-hydrogen) atoms. The Morgan fingerprint density at radius 2 is 2.21 bits per heavy atom. The molecule has 0 amide bonds. The molecule has 0 radical (unpaired) electrons. The summed E-state index contributed by atoms with van der Waals surface area (Å²) in [6, 6.07) is 8.55. The molecule has 1 aromatic carbocycles. The topological polar surface area (TPSA) is 17.8 Å². The number of rotatable bonds is 3. The van der Waals surface area contributed by atoms with Crippen LogP contribution in [0.1, 0.15) is 38.8 Å². The molecule has 1 aliphatic rings. The highest BCUT2D eigenvalue weighted by Gasteiger charge is 2.35. The molecule has 0 bridgehead atoms. The van der Waals surface area contributed by atoms with Crippen LogP contribution in [0.5, 0.6) is 0 Å². The van der Waals surface area contributed by atoms with Crippen molar-refractivity contribution in [2.24, 2.45) is 5.41 Å². The minimum absolute atomic E-state index is 0.322. The summed E-state index contributed by atoms with van der Waals surface area (Å²) in [5.74, 6) is 0. The van der Waals surface area contributed by atoms with E-state index in [4.69, 9.17) is 16.7 Å². The smallest absolute Gasteiger partial charge is 0.0708 e. The van der Waals surface area contributed by atoms with Crippen LogP contribution in [-0.4, -0.2) is 15.2 Å². The number of halogens is 1. The number of hydrogen-bond acceptors (Lipinski definition) is 1. The molecule has 1 fully saturated rings. The lowest BCUT2D eigenvalue weighted by Crippen LogP contribution is -2.16. The van der Waals surface area contributed by atoms with Crippen LogP contribution in [0.4, 0.5) is 0 Å². The molecular formula is C16H21ClN2. The zero-order valence-corrected chi connectivity index (χ0v) is 12.5. The van der Waals surface area contributed by atoms with E-state index in [1.807, 2.05) is 0 Å². The van der Waals surface area contributed by atoms with E-state index in [0.717, 1.165) is 25.8 Å². The fourth-order valence-electron chi connectivity index (χ4n) is 3.38. The van der Waals surface area contributed by atoms with E-state index >= 15 is 0 Å². The van der Waals surface area contributed by atoms with Gasteiger partial charge in [-0.05, 0) is 44.1 Å². The van der Waals surface area contributed by atoms with Crippen LogP contribution in [0.2, 0.25) is 0 Å². The molecule has 2 nitrogen and oxygen atoms in total. The second-order valence-electron chi connectivity index (χ2n) is 6.11. The van der Waals surface area contributed by atoms with Crippen LogP contribution in [0.25, 0.3) is 10.9 Å². The van der Waals surface area contributed by atoms with E-state index < -0.39 is 0 Å². The first-order valence-corrected chi connectivity index (χ1v) is 7.63. The Kier molecular flexibility index (Phi) is 3.30. The average molecular weight is 277 g/mol. The zero-order chi connectivity index (χ0) is 13.5. The van der Waals surface area contributed by atoms with Crippen molar-refractivity contribution in [2.75, 3.05) is 0 Å². The summed E-state index contributed by atoms with van der Waals surface area (Å²) in [7, 11) is 0. The van der Waals surface area contributed by atoms with Crippen LogP contribution in [0.15, 0.2) is 24.3 Å². The molecule has 2 aromatic rings. The number of aromatic nitrogens is 2. The maximum absolute atomic E-state index is 6.29. The Hall–Kier alpha value is -1.02. The minimum atomic E-state index is 0.322. The van der Waals surface area contributed by atoms with Crippen molar-refractivity contribution < 1.29 is 0 Å². The first-order chi connectivity index (χ1) is 9.11. The summed E-state index contributed by atoms with van der Waals surface area (Å²) in [6.07, 6.45) is 4.52. The van der Waals surface area contributed by atoms with Crippen molar-refractivity contribution in [3.63, 3.8) is 0 Å². The van der Waals surface area contributed by atoms with Gasteiger partial charge in [0.25, 0.3) is 0 Å². The molecule has 0 aliphatic heterocycles. The van der Waals surface area contributed by atoms with Gasteiger partial charge in [-0.1, -0.05) is 25.1 Å². The molecule has 3 rings (SSSR count). The number of fused-ring (bicyclic) bond motifs is 1. The fourth-order valence-corrected chi connectivity index (χ4v) is 3.86. The Labute approximate surface area is 119 Å². The Morgan fingerprint density at radius 3 is 2.89 bits per heavy atom. The lowest BCUT2D eigenvalue weighted by Gasteiger charge is -2.22. The Morgan fingerprint density at radius 1 is 1.42 bits per heavy atom. The monoisotopic (exact) mass is 276 g/mol. The summed E-state index contributed by atoms with van der Waals surface area (Å²) < 4.78 is 2.11. The highest BCUT2D eigenvalue weighted by molar-refractivity contribution is 6.20. The van der Waals surface area contributed by atoms with Gasteiger partial charge >= 0.3 is 0 Å². The summed E-state index contributed by atoms with van der Waals surface area (Å²) in [5, 5.41) is 6.48. The third kappa shape index (κ3) is 2.38. The number of aryl methyl sites for hydroxylation is 1. The van der Waals surface area contributed by atoms with Gasteiger partial charge in [0.2, 0.25) is 0 Å². The van der Waals surface area contributed by atoms with Crippen LogP contribution >= 0.6 is 11.6 Å². The van der Waals surface area contributed by atoms with Gasteiger partial charge in [-0.25, -0.2) is 0 Å². The number of alkyl halides is 1. The summed E-state index contributed by atoms with van der Waals surface area (Å²) in [6.45, 7) is 5.43. The molecule has 3 heteroatoms. The molecule has 1 aliphatic carbocycles. The Balaban J connectivity index is 1.97. The summed E-state index contributed by atoms with van der Waals surface area (Å²) in [4.78, 5) is 0. The van der Waals surface area contributed by atoms with E-state index in [0.29, 0.717) is 10.8 Å². The van der Waals surface area contributed by atoms with Crippen molar-refractivity contribution in [1.82, 2.24) is 9.78 Å². The third-order valence-corrected chi connectivity index (χ3v) is 4.78. The highest BCUT2D eigenvalue weighted by Crippen LogP contribution is 2.43. The maximum atomic E-state index is 6.29. The Bertz CT molecular complexity index is 589. The lowest BCUT2D eigenvalue weighted by atomic mass is 9.83. The standard InChI is InChI=1S/C16H21ClN2/c1-3-19-15-7-5-4-6-13(15)14(18-19)11-16(2)9-8-12(17)10-16/h4-7,12H,3,8-11H2,1-2H3. The fraction of sp³-hybridized carbons (Fsp3) is 0.562. The second kappa shape index (κ2) is 4.82. The van der Waals surface area contributed by atoms with Gasteiger partial charge in [-0.3, -0.25) is 4.68 Å². The van der Waals surface area contributed by atoms with Gasteiger partial charge in [0.15, 0.2) is 0 Å². The van der Waals surface area contributed by atoms with E-state index in [2.05, 4.69) is 42.8 Å². The van der Waals surface area contributed by atoms with Gasteiger partial charge in [-0.2, -0.15) is 5.10 Å². The van der Waals surface area contributed by atoms with Crippen LogP contribution in [0, 0.1) is 5.41 Å². The first-order valence-electron chi connectivity index (χ1n) is 7.20. The normalized spacial score (nSPS) is 27.2. The first kappa shape index (κ1) is 13.0. The molecular weight excluding hydrogens is 256 g/mol. The molecule has 102 valence electrons. The molecule has 2 unspecified atom stereocenters. The molecule has 1 aromatic heterocycles. The van der Waals surface area contributed by atoms with Crippen molar-refractivity contribution in [1.29, 1.82) is 0 Å². The molecule has 1 heterocycles. The van der Waals surface area contributed by atoms with Crippen molar-refractivity contribution in [3.8, 4) is 0 Å². The molecule has 0 saturated heterocycles. The van der Waals surface area contributed by atoms with Gasteiger partial charge in [0.05, 0.1) is 11.2 Å².